The average Bonchev–Trinajstić information content (AvgIpc) is 3.39. The Bertz CT molecular complexity index is 992. The molecule has 0 amide bonds. The molecule has 27 heavy (non-hydrogen) atoms. The molecule has 2 aromatic rings. The fourth-order valence-corrected chi connectivity index (χ4v) is 5.31. The zero-order chi connectivity index (χ0) is 19.5. The van der Waals surface area contributed by atoms with E-state index >= 15 is 0 Å². The van der Waals surface area contributed by atoms with Gasteiger partial charge in [-0.15, -0.1) is 0 Å². The number of pyridine rings is 1. The van der Waals surface area contributed by atoms with E-state index in [0.717, 1.165) is 31.5 Å². The maximum atomic E-state index is 12.8. The van der Waals surface area contributed by atoms with E-state index in [1.165, 1.54) is 6.20 Å². The monoisotopic (exact) mass is 453 g/mol. The predicted octanol–water partition coefficient (Wildman–Crippen LogP) is 3.62. The number of nitrogens with zero attached hydrogens (tertiary/aromatic N) is 2. The number of benzene rings is 1. The molecule has 1 saturated heterocycles. The summed E-state index contributed by atoms with van der Waals surface area (Å²) >= 11 is 10.4. The van der Waals surface area contributed by atoms with Crippen LogP contribution in [0.25, 0.3) is 10.9 Å². The lowest BCUT2D eigenvalue weighted by Gasteiger charge is -2.37. The number of nitrogens with two attached hydrogens (primary N) is 1. The standard InChI is InChI=1S/C19H21BrClN3O3/c1-9-4-10(22)7-23(6-9)17-14(20)5-12-16(15(17)21)24(11-2-3-11)8-13(18(12)25)19(26)27/h5,8-11H,2-4,6-7,22H2,1H3,(H,26,27)/t9-,10-/m0/s1. The Morgan fingerprint density at radius 2 is 2.07 bits per heavy atom. The first kappa shape index (κ1) is 18.8. The Kier molecular flexibility index (Phi) is 4.72. The minimum absolute atomic E-state index is 0.0624. The number of aromatic nitrogens is 1. The fourth-order valence-electron chi connectivity index (χ4n) is 4.10. The van der Waals surface area contributed by atoms with Gasteiger partial charge in [0.25, 0.3) is 0 Å². The van der Waals surface area contributed by atoms with Crippen LogP contribution in [0.2, 0.25) is 5.02 Å². The topological polar surface area (TPSA) is 88.6 Å². The molecular formula is C19H21BrClN3O3. The van der Waals surface area contributed by atoms with Gasteiger partial charge in [-0.1, -0.05) is 18.5 Å². The molecule has 0 spiro atoms. The van der Waals surface area contributed by atoms with Crippen LogP contribution >= 0.6 is 27.5 Å². The van der Waals surface area contributed by atoms with E-state index in [1.807, 2.05) is 4.57 Å². The molecule has 1 saturated carbocycles. The van der Waals surface area contributed by atoms with Crippen molar-refractivity contribution >= 4 is 50.1 Å². The van der Waals surface area contributed by atoms with Crippen LogP contribution in [-0.4, -0.2) is 34.8 Å². The molecule has 2 heterocycles. The van der Waals surface area contributed by atoms with Crippen molar-refractivity contribution in [2.24, 2.45) is 11.7 Å². The highest BCUT2D eigenvalue weighted by Gasteiger charge is 2.31. The first-order chi connectivity index (χ1) is 12.8. The van der Waals surface area contributed by atoms with E-state index in [2.05, 4.69) is 27.8 Å². The van der Waals surface area contributed by atoms with Crippen LogP contribution in [0.4, 0.5) is 5.69 Å². The van der Waals surface area contributed by atoms with Crippen molar-refractivity contribution in [2.75, 3.05) is 18.0 Å². The Balaban J connectivity index is 1.98. The Hall–Kier alpha value is -1.57. The number of rotatable bonds is 3. The summed E-state index contributed by atoms with van der Waals surface area (Å²) in [5.74, 6) is -0.782. The Labute approximate surface area is 170 Å². The molecule has 1 aromatic carbocycles. The summed E-state index contributed by atoms with van der Waals surface area (Å²) in [6.45, 7) is 3.68. The minimum atomic E-state index is -1.22. The smallest absolute Gasteiger partial charge is 0.341 e. The molecule has 2 fully saturated rings. The van der Waals surface area contributed by atoms with Gasteiger partial charge in [0.1, 0.15) is 5.56 Å². The highest BCUT2D eigenvalue weighted by atomic mass is 79.9. The van der Waals surface area contributed by atoms with Crippen LogP contribution in [0, 0.1) is 5.92 Å². The summed E-state index contributed by atoms with van der Waals surface area (Å²) in [6, 6.07) is 1.95. The van der Waals surface area contributed by atoms with Crippen LogP contribution in [0.1, 0.15) is 42.6 Å². The van der Waals surface area contributed by atoms with E-state index in [-0.39, 0.29) is 17.6 Å². The van der Waals surface area contributed by atoms with Crippen LogP contribution in [0.3, 0.4) is 0 Å². The van der Waals surface area contributed by atoms with Gasteiger partial charge in [0.2, 0.25) is 5.43 Å². The Morgan fingerprint density at radius 1 is 1.37 bits per heavy atom. The summed E-state index contributed by atoms with van der Waals surface area (Å²) in [4.78, 5) is 26.5. The second-order valence-electron chi connectivity index (χ2n) is 7.74. The second kappa shape index (κ2) is 6.79. The molecule has 6 nitrogen and oxygen atoms in total. The summed E-state index contributed by atoms with van der Waals surface area (Å²) in [5, 5.41) is 10.2. The fraction of sp³-hybridized carbons (Fsp3) is 0.474. The average molecular weight is 455 g/mol. The van der Waals surface area contributed by atoms with Crippen LogP contribution < -0.4 is 16.1 Å². The first-order valence-corrected chi connectivity index (χ1v) is 10.3. The molecular weight excluding hydrogens is 434 g/mol. The number of fused-ring (bicyclic) bond motifs is 1. The van der Waals surface area contributed by atoms with Gasteiger partial charge in [-0.2, -0.15) is 0 Å². The van der Waals surface area contributed by atoms with Crippen molar-refractivity contribution in [3.63, 3.8) is 0 Å². The lowest BCUT2D eigenvalue weighted by Crippen LogP contribution is -2.46. The van der Waals surface area contributed by atoms with Gasteiger partial charge in [-0.25, -0.2) is 4.79 Å². The van der Waals surface area contributed by atoms with Crippen molar-refractivity contribution in [3.8, 4) is 0 Å². The number of anilines is 1. The number of halogens is 2. The van der Waals surface area contributed by atoms with Crippen LogP contribution in [0.5, 0.6) is 0 Å². The third-order valence-electron chi connectivity index (χ3n) is 5.36. The maximum absolute atomic E-state index is 12.8. The van der Waals surface area contributed by atoms with Gasteiger partial charge in [-0.05, 0) is 47.2 Å². The normalized spacial score (nSPS) is 23.0. The third kappa shape index (κ3) is 3.26. The molecule has 0 radical (unpaired) electrons. The SMILES string of the molecule is C[C@H]1C[C@H](N)CN(c2c(Br)cc3c(=O)c(C(=O)O)cn(C4CC4)c3c2Cl)C1. The lowest BCUT2D eigenvalue weighted by molar-refractivity contribution is 0.0695. The van der Waals surface area contributed by atoms with E-state index in [4.69, 9.17) is 17.3 Å². The molecule has 1 aliphatic heterocycles. The molecule has 3 N–H and O–H groups in total. The number of aromatic carboxylic acids is 1. The number of hydrogen-bond donors (Lipinski definition) is 2. The van der Waals surface area contributed by atoms with Gasteiger partial charge in [-0.3, -0.25) is 4.79 Å². The summed E-state index contributed by atoms with van der Waals surface area (Å²) in [7, 11) is 0. The molecule has 4 rings (SSSR count). The highest BCUT2D eigenvalue weighted by molar-refractivity contribution is 9.10. The van der Waals surface area contributed by atoms with Gasteiger partial charge in [0, 0.05) is 41.2 Å². The Morgan fingerprint density at radius 3 is 2.67 bits per heavy atom. The first-order valence-electron chi connectivity index (χ1n) is 9.08. The summed E-state index contributed by atoms with van der Waals surface area (Å²) in [6.07, 6.45) is 4.31. The molecule has 2 atom stereocenters. The predicted molar refractivity (Wildman–Crippen MR) is 110 cm³/mol. The van der Waals surface area contributed by atoms with Gasteiger partial charge >= 0.3 is 5.97 Å². The van der Waals surface area contributed by atoms with Gasteiger partial charge < -0.3 is 20.3 Å². The molecule has 8 heteroatoms. The van der Waals surface area contributed by atoms with Crippen molar-refractivity contribution in [2.45, 2.75) is 38.3 Å². The summed E-state index contributed by atoms with van der Waals surface area (Å²) in [5.41, 5.74) is 6.91. The molecule has 1 aliphatic carbocycles. The van der Waals surface area contributed by atoms with E-state index in [0.29, 0.717) is 32.9 Å². The van der Waals surface area contributed by atoms with Crippen molar-refractivity contribution in [1.82, 2.24) is 4.57 Å². The number of hydrogen-bond acceptors (Lipinski definition) is 4. The third-order valence-corrected chi connectivity index (χ3v) is 6.33. The van der Waals surface area contributed by atoms with E-state index < -0.39 is 11.4 Å². The molecule has 2 aliphatic rings. The molecule has 1 aromatic heterocycles. The second-order valence-corrected chi connectivity index (χ2v) is 8.97. The number of carboxylic acid groups (broad SMARTS) is 1. The van der Waals surface area contributed by atoms with E-state index in [9.17, 15) is 14.7 Å². The highest BCUT2D eigenvalue weighted by Crippen LogP contribution is 2.44. The van der Waals surface area contributed by atoms with Crippen molar-refractivity contribution in [3.05, 3.63) is 37.5 Å². The molecule has 0 bridgehead atoms. The maximum Gasteiger partial charge on any atom is 0.341 e. The largest absolute Gasteiger partial charge is 0.477 e. The van der Waals surface area contributed by atoms with Crippen LogP contribution in [-0.2, 0) is 0 Å². The number of piperidine rings is 1. The lowest BCUT2D eigenvalue weighted by atomic mass is 9.96. The number of carbonyl (C=O) groups is 1. The molecule has 0 unspecified atom stereocenters. The van der Waals surface area contributed by atoms with E-state index in [1.54, 1.807) is 6.07 Å². The minimum Gasteiger partial charge on any atom is -0.477 e. The van der Waals surface area contributed by atoms with Gasteiger partial charge in [0.05, 0.1) is 16.2 Å². The zero-order valence-electron chi connectivity index (χ0n) is 14.9. The summed E-state index contributed by atoms with van der Waals surface area (Å²) < 4.78 is 2.55. The van der Waals surface area contributed by atoms with Gasteiger partial charge in [0.15, 0.2) is 0 Å². The van der Waals surface area contributed by atoms with Crippen molar-refractivity contribution in [1.29, 1.82) is 0 Å². The molecule has 144 valence electrons. The quantitative estimate of drug-likeness (QED) is 0.739. The van der Waals surface area contributed by atoms with Crippen LogP contribution in [0.15, 0.2) is 21.5 Å². The zero-order valence-corrected chi connectivity index (χ0v) is 17.3. The van der Waals surface area contributed by atoms with Crippen molar-refractivity contribution < 1.29 is 9.90 Å². The number of carboxylic acids is 1.